The summed E-state index contributed by atoms with van der Waals surface area (Å²) in [6.45, 7) is 3.82. The fourth-order valence-corrected chi connectivity index (χ4v) is 2.37. The molecule has 1 amide bonds. The van der Waals surface area contributed by atoms with Crippen molar-refractivity contribution in [1.29, 1.82) is 0 Å². The third-order valence-electron chi connectivity index (χ3n) is 3.56. The van der Waals surface area contributed by atoms with Crippen LogP contribution in [0.25, 0.3) is 0 Å². The minimum Gasteiger partial charge on any atom is -0.489 e. The second-order valence-electron chi connectivity index (χ2n) is 6.13. The second kappa shape index (κ2) is 8.43. The number of benzene rings is 2. The molecule has 0 saturated carbocycles. The number of aromatic nitrogens is 2. The van der Waals surface area contributed by atoms with Crippen LogP contribution >= 0.6 is 0 Å². The maximum Gasteiger partial charge on any atom is 0.274 e. The van der Waals surface area contributed by atoms with Crippen LogP contribution in [0.15, 0.2) is 54.7 Å². The van der Waals surface area contributed by atoms with Crippen LogP contribution < -0.4 is 15.4 Å². The molecule has 0 fully saturated rings. The molecule has 1 heterocycles. The van der Waals surface area contributed by atoms with Gasteiger partial charge in [0.2, 0.25) is 5.95 Å². The zero-order valence-corrected chi connectivity index (χ0v) is 15.2. The third kappa shape index (κ3) is 4.79. The monoisotopic (exact) mass is 384 g/mol. The molecule has 28 heavy (non-hydrogen) atoms. The van der Waals surface area contributed by atoms with E-state index in [9.17, 15) is 13.6 Å². The van der Waals surface area contributed by atoms with Gasteiger partial charge in [-0.05, 0) is 44.2 Å². The van der Waals surface area contributed by atoms with Gasteiger partial charge in [0.25, 0.3) is 5.91 Å². The highest BCUT2D eigenvalue weighted by atomic mass is 19.1. The Kier molecular flexibility index (Phi) is 5.78. The van der Waals surface area contributed by atoms with Crippen LogP contribution in [0.1, 0.15) is 24.3 Å². The van der Waals surface area contributed by atoms with Gasteiger partial charge in [0.05, 0.1) is 17.5 Å². The molecule has 0 spiro atoms. The van der Waals surface area contributed by atoms with E-state index in [1.165, 1.54) is 12.3 Å². The molecule has 2 aromatic carbocycles. The first-order valence-corrected chi connectivity index (χ1v) is 8.54. The molecule has 0 unspecified atom stereocenters. The molecule has 3 aromatic rings. The number of hydrogen-bond acceptors (Lipinski definition) is 5. The van der Waals surface area contributed by atoms with Crippen molar-refractivity contribution >= 4 is 23.2 Å². The summed E-state index contributed by atoms with van der Waals surface area (Å²) in [5.41, 5.74) is 0.511. The maximum atomic E-state index is 13.7. The molecule has 0 atom stereocenters. The molecule has 2 N–H and O–H groups in total. The number of rotatable bonds is 6. The molecule has 0 aliphatic heterocycles. The Bertz CT molecular complexity index is 995. The standard InChI is InChI=1S/C20H18F2N4O2/c1-12(2)28-18-6-4-3-5-16(18)25-20-23-10-9-17(26-20)19(27)24-15-8-7-13(21)11-14(15)22/h3-12H,1-2H3,(H,24,27)(H,23,25,26). The summed E-state index contributed by atoms with van der Waals surface area (Å²) in [5, 5.41) is 5.36. The molecule has 0 bridgehead atoms. The van der Waals surface area contributed by atoms with Gasteiger partial charge in [0.1, 0.15) is 23.1 Å². The number of nitrogens with one attached hydrogen (secondary N) is 2. The van der Waals surface area contributed by atoms with E-state index in [1.807, 2.05) is 26.0 Å². The molecule has 8 heteroatoms. The lowest BCUT2D eigenvalue weighted by molar-refractivity contribution is 0.102. The fraction of sp³-hybridized carbons (Fsp3) is 0.150. The van der Waals surface area contributed by atoms with Crippen LogP contribution in [-0.4, -0.2) is 22.0 Å². The lowest BCUT2D eigenvalue weighted by Gasteiger charge is -2.14. The molecule has 144 valence electrons. The largest absolute Gasteiger partial charge is 0.489 e. The molecule has 0 aliphatic rings. The average Bonchev–Trinajstić information content (AvgIpc) is 2.65. The summed E-state index contributed by atoms with van der Waals surface area (Å²) >= 11 is 0. The van der Waals surface area contributed by atoms with Gasteiger partial charge in [-0.1, -0.05) is 12.1 Å². The van der Waals surface area contributed by atoms with Crippen molar-refractivity contribution < 1.29 is 18.3 Å². The third-order valence-corrected chi connectivity index (χ3v) is 3.56. The second-order valence-corrected chi connectivity index (χ2v) is 6.13. The van der Waals surface area contributed by atoms with Crippen molar-refractivity contribution in [2.45, 2.75) is 20.0 Å². The molecular weight excluding hydrogens is 366 g/mol. The van der Waals surface area contributed by atoms with E-state index in [2.05, 4.69) is 20.6 Å². The van der Waals surface area contributed by atoms with Gasteiger partial charge in [-0.25, -0.2) is 18.7 Å². The van der Waals surface area contributed by atoms with Gasteiger partial charge in [0, 0.05) is 12.3 Å². The Labute approximate surface area is 160 Å². The topological polar surface area (TPSA) is 76.1 Å². The molecular formula is C20H18F2N4O2. The van der Waals surface area contributed by atoms with Crippen molar-refractivity contribution in [2.75, 3.05) is 10.6 Å². The van der Waals surface area contributed by atoms with Crippen molar-refractivity contribution in [1.82, 2.24) is 9.97 Å². The lowest BCUT2D eigenvalue weighted by atomic mass is 10.2. The number of ether oxygens (including phenoxy) is 1. The summed E-state index contributed by atoms with van der Waals surface area (Å²) in [6.07, 6.45) is 1.38. The highest BCUT2D eigenvalue weighted by molar-refractivity contribution is 6.03. The Balaban J connectivity index is 1.78. The first-order valence-electron chi connectivity index (χ1n) is 8.54. The Hall–Kier alpha value is -3.55. The Morgan fingerprint density at radius 1 is 1.07 bits per heavy atom. The van der Waals surface area contributed by atoms with Gasteiger partial charge in [-0.2, -0.15) is 0 Å². The number of halogens is 2. The zero-order valence-electron chi connectivity index (χ0n) is 15.2. The van der Waals surface area contributed by atoms with E-state index in [-0.39, 0.29) is 23.4 Å². The van der Waals surface area contributed by atoms with E-state index in [4.69, 9.17) is 4.74 Å². The van der Waals surface area contributed by atoms with E-state index in [0.29, 0.717) is 17.5 Å². The number of amides is 1. The number of carbonyl (C=O) groups is 1. The minimum atomic E-state index is -0.875. The average molecular weight is 384 g/mol. The van der Waals surface area contributed by atoms with E-state index < -0.39 is 17.5 Å². The highest BCUT2D eigenvalue weighted by Crippen LogP contribution is 2.27. The number of para-hydroxylation sites is 2. The molecule has 3 rings (SSSR count). The molecule has 0 saturated heterocycles. The normalized spacial score (nSPS) is 10.6. The van der Waals surface area contributed by atoms with Crippen molar-refractivity contribution in [3.05, 3.63) is 72.1 Å². The van der Waals surface area contributed by atoms with Crippen LogP contribution in [0.4, 0.5) is 26.1 Å². The van der Waals surface area contributed by atoms with Crippen LogP contribution in [-0.2, 0) is 0 Å². The summed E-state index contributed by atoms with van der Waals surface area (Å²) in [6, 6.07) is 11.5. The summed E-state index contributed by atoms with van der Waals surface area (Å²) in [4.78, 5) is 20.6. The first-order chi connectivity index (χ1) is 13.4. The van der Waals surface area contributed by atoms with Gasteiger partial charge in [0.15, 0.2) is 0 Å². The quantitative estimate of drug-likeness (QED) is 0.653. The summed E-state index contributed by atoms with van der Waals surface area (Å²) in [7, 11) is 0. The maximum absolute atomic E-state index is 13.7. The van der Waals surface area contributed by atoms with Crippen LogP contribution in [0.5, 0.6) is 5.75 Å². The summed E-state index contributed by atoms with van der Waals surface area (Å²) in [5.74, 6) is -1.47. The van der Waals surface area contributed by atoms with Gasteiger partial charge >= 0.3 is 0 Å². The van der Waals surface area contributed by atoms with Crippen molar-refractivity contribution in [2.24, 2.45) is 0 Å². The van der Waals surface area contributed by atoms with Gasteiger partial charge in [-0.3, -0.25) is 4.79 Å². The fourth-order valence-electron chi connectivity index (χ4n) is 2.37. The van der Waals surface area contributed by atoms with Crippen molar-refractivity contribution in [3.63, 3.8) is 0 Å². The van der Waals surface area contributed by atoms with Crippen LogP contribution in [0.3, 0.4) is 0 Å². The predicted octanol–water partition coefficient (Wildman–Crippen LogP) is 4.54. The number of carbonyl (C=O) groups excluding carboxylic acids is 1. The van der Waals surface area contributed by atoms with Gasteiger partial charge in [-0.15, -0.1) is 0 Å². The molecule has 1 aromatic heterocycles. The minimum absolute atomic E-state index is 0.0171. The van der Waals surface area contributed by atoms with Gasteiger partial charge < -0.3 is 15.4 Å². The van der Waals surface area contributed by atoms with E-state index >= 15 is 0 Å². The molecule has 0 aliphatic carbocycles. The van der Waals surface area contributed by atoms with E-state index in [1.54, 1.807) is 12.1 Å². The smallest absolute Gasteiger partial charge is 0.274 e. The van der Waals surface area contributed by atoms with Crippen LogP contribution in [0, 0.1) is 11.6 Å². The SMILES string of the molecule is CC(C)Oc1ccccc1Nc1nccc(C(=O)Nc2ccc(F)cc2F)n1. The Morgan fingerprint density at radius 3 is 2.61 bits per heavy atom. The van der Waals surface area contributed by atoms with Crippen LogP contribution in [0.2, 0.25) is 0 Å². The first kappa shape index (κ1) is 19.2. The molecule has 6 nitrogen and oxygen atoms in total. The van der Waals surface area contributed by atoms with Crippen molar-refractivity contribution in [3.8, 4) is 5.75 Å². The van der Waals surface area contributed by atoms with E-state index in [0.717, 1.165) is 12.1 Å². The lowest BCUT2D eigenvalue weighted by Crippen LogP contribution is -2.16. The zero-order chi connectivity index (χ0) is 20.1. The number of hydrogen-bond donors (Lipinski definition) is 2. The number of nitrogens with zero attached hydrogens (tertiary/aromatic N) is 2. The predicted molar refractivity (Wildman–Crippen MR) is 102 cm³/mol. The number of anilines is 3. The molecule has 0 radical (unpaired) electrons. The summed E-state index contributed by atoms with van der Waals surface area (Å²) < 4.78 is 32.4. The Morgan fingerprint density at radius 2 is 1.86 bits per heavy atom. The highest BCUT2D eigenvalue weighted by Gasteiger charge is 2.13.